The Morgan fingerprint density at radius 2 is 2.15 bits per heavy atom. The number of hydrogen-bond donors (Lipinski definition) is 0. The van der Waals surface area contributed by atoms with Crippen LogP contribution in [0.2, 0.25) is 0 Å². The van der Waals surface area contributed by atoms with Crippen molar-refractivity contribution in [2.75, 3.05) is 13.7 Å². The second-order valence-electron chi connectivity index (χ2n) is 3.82. The van der Waals surface area contributed by atoms with E-state index >= 15 is 0 Å². The average molecular weight is 274 g/mol. The molecule has 0 heterocycles. The van der Waals surface area contributed by atoms with Crippen molar-refractivity contribution >= 4 is 17.5 Å². The number of ketones is 1. The maximum atomic E-state index is 12.2. The quantitative estimate of drug-likeness (QED) is 0.150. The molecule has 6 nitrogen and oxygen atoms in total. The lowest BCUT2D eigenvalue weighted by Crippen LogP contribution is -2.27. The Bertz CT molecular complexity index is 601. The molecule has 0 fully saturated rings. The lowest BCUT2D eigenvalue weighted by atomic mass is 10.0. The average Bonchev–Trinajstić information content (AvgIpc) is 2.46. The molecule has 0 saturated carbocycles. The number of hydrogen-bond acceptors (Lipinski definition) is 4. The maximum Gasteiger partial charge on any atom is 0.446 e. The Hall–Kier alpha value is -2.72. The zero-order valence-corrected chi connectivity index (χ0v) is 11.3. The Balaban J connectivity index is 3.28. The highest BCUT2D eigenvalue weighted by molar-refractivity contribution is 6.65. The van der Waals surface area contributed by atoms with Crippen LogP contribution >= 0.6 is 0 Å². The number of para-hydroxylation sites is 1. The van der Waals surface area contributed by atoms with Crippen LogP contribution in [0.15, 0.2) is 30.9 Å². The SMILES string of the molecule is C=CCOc1c(C)cccc1C(=O)C(=[N+]=[N-])C(=O)OC. The molecule has 1 rings (SSSR count). The van der Waals surface area contributed by atoms with Crippen LogP contribution in [0, 0.1) is 6.92 Å². The molecule has 0 saturated heterocycles. The van der Waals surface area contributed by atoms with Gasteiger partial charge in [-0.2, -0.15) is 4.79 Å². The van der Waals surface area contributed by atoms with E-state index in [1.165, 1.54) is 12.1 Å². The molecule has 0 spiro atoms. The molecule has 0 bridgehead atoms. The first kappa shape index (κ1) is 15.3. The molecule has 1 aromatic carbocycles. The van der Waals surface area contributed by atoms with Gasteiger partial charge in [0, 0.05) is 0 Å². The van der Waals surface area contributed by atoms with Crippen molar-refractivity contribution < 1.29 is 23.9 Å². The lowest BCUT2D eigenvalue weighted by Gasteiger charge is -2.10. The third kappa shape index (κ3) is 3.18. The molecule has 6 heteroatoms. The van der Waals surface area contributed by atoms with E-state index in [1.807, 2.05) is 0 Å². The molecular weight excluding hydrogens is 260 g/mol. The molecule has 0 aliphatic carbocycles. The topological polar surface area (TPSA) is 89.0 Å². The molecule has 0 radical (unpaired) electrons. The Kier molecular flexibility index (Phi) is 5.38. The van der Waals surface area contributed by atoms with Gasteiger partial charge in [-0.1, -0.05) is 24.8 Å². The van der Waals surface area contributed by atoms with Crippen LogP contribution in [0.5, 0.6) is 5.75 Å². The summed E-state index contributed by atoms with van der Waals surface area (Å²) in [5, 5.41) is 0. The van der Waals surface area contributed by atoms with Crippen molar-refractivity contribution in [3.63, 3.8) is 0 Å². The predicted molar refractivity (Wildman–Crippen MR) is 71.8 cm³/mol. The number of rotatable bonds is 6. The largest absolute Gasteiger partial charge is 0.488 e. The zero-order chi connectivity index (χ0) is 15.1. The van der Waals surface area contributed by atoms with E-state index in [1.54, 1.807) is 19.1 Å². The van der Waals surface area contributed by atoms with E-state index < -0.39 is 17.5 Å². The van der Waals surface area contributed by atoms with Gasteiger partial charge in [0.2, 0.25) is 0 Å². The number of ether oxygens (including phenoxy) is 2. The molecule has 0 aromatic heterocycles. The van der Waals surface area contributed by atoms with E-state index in [4.69, 9.17) is 10.3 Å². The lowest BCUT2D eigenvalue weighted by molar-refractivity contribution is -0.137. The Labute approximate surface area is 116 Å². The third-order valence-corrected chi connectivity index (χ3v) is 2.50. The first-order valence-electron chi connectivity index (χ1n) is 5.75. The Morgan fingerprint density at radius 3 is 2.70 bits per heavy atom. The summed E-state index contributed by atoms with van der Waals surface area (Å²) in [6.07, 6.45) is 1.53. The van der Waals surface area contributed by atoms with Gasteiger partial charge < -0.3 is 15.0 Å². The van der Waals surface area contributed by atoms with Crippen molar-refractivity contribution in [3.05, 3.63) is 47.5 Å². The smallest absolute Gasteiger partial charge is 0.446 e. The minimum atomic E-state index is -1.02. The van der Waals surface area contributed by atoms with Crippen molar-refractivity contribution in [2.24, 2.45) is 0 Å². The Morgan fingerprint density at radius 1 is 1.45 bits per heavy atom. The first-order chi connectivity index (χ1) is 9.56. The highest BCUT2D eigenvalue weighted by Gasteiger charge is 2.33. The van der Waals surface area contributed by atoms with Crippen molar-refractivity contribution in [3.8, 4) is 5.75 Å². The summed E-state index contributed by atoms with van der Waals surface area (Å²) < 4.78 is 9.81. The van der Waals surface area contributed by atoms with E-state index in [9.17, 15) is 9.59 Å². The van der Waals surface area contributed by atoms with Gasteiger partial charge in [0.15, 0.2) is 0 Å². The maximum absolute atomic E-state index is 12.2. The van der Waals surface area contributed by atoms with Crippen LogP contribution in [0.3, 0.4) is 0 Å². The summed E-state index contributed by atoms with van der Waals surface area (Å²) in [5.74, 6) is -1.49. The van der Waals surface area contributed by atoms with Crippen molar-refractivity contribution in [1.82, 2.24) is 0 Å². The molecule has 0 amide bonds. The standard InChI is InChI=1S/C14H14N2O4/c1-4-8-20-13-9(2)6-5-7-10(13)12(17)11(16-15)14(18)19-3/h4-7H,1,8H2,2-3H3. The van der Waals surface area contributed by atoms with Crippen LogP contribution in [-0.4, -0.2) is 36.0 Å². The minimum Gasteiger partial charge on any atom is -0.488 e. The van der Waals surface area contributed by atoms with Gasteiger partial charge in [0.1, 0.15) is 12.4 Å². The molecule has 0 aliphatic rings. The summed E-state index contributed by atoms with van der Waals surface area (Å²) in [7, 11) is 1.09. The van der Waals surface area contributed by atoms with Crippen LogP contribution in [0.1, 0.15) is 15.9 Å². The number of benzene rings is 1. The van der Waals surface area contributed by atoms with Crippen molar-refractivity contribution in [2.45, 2.75) is 6.92 Å². The number of carbonyl (C=O) groups is 2. The molecule has 0 N–H and O–H groups in total. The van der Waals surface area contributed by atoms with Gasteiger partial charge in [-0.05, 0) is 18.6 Å². The van der Waals surface area contributed by atoms with Gasteiger partial charge in [-0.15, -0.1) is 0 Å². The molecule has 0 unspecified atom stereocenters. The second kappa shape index (κ2) is 7.01. The monoisotopic (exact) mass is 274 g/mol. The minimum absolute atomic E-state index is 0.116. The van der Waals surface area contributed by atoms with E-state index in [2.05, 4.69) is 16.1 Å². The van der Waals surface area contributed by atoms with Gasteiger partial charge in [-0.25, -0.2) is 4.79 Å². The van der Waals surface area contributed by atoms with Gasteiger partial charge in [0.25, 0.3) is 5.78 Å². The zero-order valence-electron chi connectivity index (χ0n) is 11.3. The van der Waals surface area contributed by atoms with Crippen LogP contribution < -0.4 is 4.74 Å². The number of Topliss-reactive ketones (excluding diaryl/α,β-unsaturated/α-hetero) is 1. The van der Waals surface area contributed by atoms with E-state index in [0.717, 1.165) is 7.11 Å². The fourth-order valence-corrected chi connectivity index (χ4v) is 1.57. The highest BCUT2D eigenvalue weighted by Crippen LogP contribution is 2.24. The molecule has 0 atom stereocenters. The summed E-state index contributed by atoms with van der Waals surface area (Å²) in [4.78, 5) is 26.3. The molecule has 104 valence electrons. The molecule has 1 aromatic rings. The highest BCUT2D eigenvalue weighted by atomic mass is 16.5. The molecule has 0 aliphatic heterocycles. The van der Waals surface area contributed by atoms with Crippen LogP contribution in [0.4, 0.5) is 0 Å². The third-order valence-electron chi connectivity index (χ3n) is 2.50. The fourth-order valence-electron chi connectivity index (χ4n) is 1.57. The van der Waals surface area contributed by atoms with Gasteiger partial charge in [-0.3, -0.25) is 4.79 Å². The van der Waals surface area contributed by atoms with Crippen molar-refractivity contribution in [1.29, 1.82) is 0 Å². The van der Waals surface area contributed by atoms with Crippen LogP contribution in [0.25, 0.3) is 5.53 Å². The summed E-state index contributed by atoms with van der Waals surface area (Å²) in [6.45, 7) is 5.48. The van der Waals surface area contributed by atoms with Gasteiger partial charge in [0.05, 0.1) is 12.7 Å². The normalized spacial score (nSPS) is 9.30. The number of nitrogens with zero attached hydrogens (tertiary/aromatic N) is 2. The summed E-state index contributed by atoms with van der Waals surface area (Å²) >= 11 is 0. The molecular formula is C14H14N2O4. The summed E-state index contributed by atoms with van der Waals surface area (Å²) in [6, 6.07) is 4.86. The molecule has 20 heavy (non-hydrogen) atoms. The number of aryl methyl sites for hydroxylation is 1. The second-order valence-corrected chi connectivity index (χ2v) is 3.82. The number of esters is 1. The van der Waals surface area contributed by atoms with Crippen LogP contribution in [-0.2, 0) is 9.53 Å². The number of carbonyl (C=O) groups excluding carboxylic acids is 2. The van der Waals surface area contributed by atoms with E-state index in [-0.39, 0.29) is 12.2 Å². The van der Waals surface area contributed by atoms with E-state index in [0.29, 0.717) is 11.3 Å². The predicted octanol–water partition coefficient (Wildman–Crippen LogP) is 1.59. The summed E-state index contributed by atoms with van der Waals surface area (Å²) in [5.41, 5.74) is 8.92. The fraction of sp³-hybridized carbons (Fsp3) is 0.214. The van der Waals surface area contributed by atoms with Gasteiger partial charge >= 0.3 is 11.7 Å². The number of methoxy groups -OCH3 is 1. The first-order valence-corrected chi connectivity index (χ1v) is 5.75.